The molecule has 0 aliphatic rings. The molecule has 1 heterocycles. The van der Waals surface area contributed by atoms with Gasteiger partial charge in [-0.15, -0.1) is 0 Å². The van der Waals surface area contributed by atoms with Gasteiger partial charge in [0.05, 0.1) is 0 Å². The van der Waals surface area contributed by atoms with Gasteiger partial charge in [0.25, 0.3) is 5.56 Å². The third-order valence-electron chi connectivity index (χ3n) is 1.92. The van der Waals surface area contributed by atoms with Crippen LogP contribution in [0.2, 0.25) is 0 Å². The molecule has 0 aliphatic carbocycles. The summed E-state index contributed by atoms with van der Waals surface area (Å²) in [6.07, 6.45) is 0.966. The van der Waals surface area contributed by atoms with E-state index in [2.05, 4.69) is 0 Å². The maximum absolute atomic E-state index is 11.5. The number of hydrogen-bond donors (Lipinski definition) is 1. The fourth-order valence-corrected chi connectivity index (χ4v) is 2.33. The van der Waals surface area contributed by atoms with Gasteiger partial charge in [-0.05, 0) is 12.5 Å². The average molecular weight is 217 g/mol. The standard InChI is InChI=1S/C8H11NO4S/c1-5-4-6(10)9(2)8(11)7(5)14(3,12)13/h4,10H,1-3H3. The van der Waals surface area contributed by atoms with Gasteiger partial charge in [0, 0.05) is 19.4 Å². The molecule has 0 aromatic carbocycles. The molecule has 0 saturated heterocycles. The third kappa shape index (κ3) is 1.65. The summed E-state index contributed by atoms with van der Waals surface area (Å²) in [7, 11) is -2.24. The van der Waals surface area contributed by atoms with Crippen LogP contribution in [0.5, 0.6) is 5.88 Å². The van der Waals surface area contributed by atoms with Gasteiger partial charge >= 0.3 is 0 Å². The third-order valence-corrected chi connectivity index (χ3v) is 3.16. The molecule has 5 nitrogen and oxygen atoms in total. The Hall–Kier alpha value is -1.30. The summed E-state index contributed by atoms with van der Waals surface area (Å²) in [5, 5.41) is 9.24. The SMILES string of the molecule is Cc1cc(O)n(C)c(=O)c1S(C)(=O)=O. The summed E-state index contributed by atoms with van der Waals surface area (Å²) in [5.74, 6) is -0.250. The molecule has 0 atom stereocenters. The van der Waals surface area contributed by atoms with E-state index in [1.807, 2.05) is 0 Å². The first-order valence-electron chi connectivity index (χ1n) is 3.85. The molecule has 14 heavy (non-hydrogen) atoms. The molecule has 0 radical (unpaired) electrons. The van der Waals surface area contributed by atoms with Crippen molar-refractivity contribution in [2.24, 2.45) is 7.05 Å². The normalized spacial score (nSPS) is 11.6. The largest absolute Gasteiger partial charge is 0.494 e. The summed E-state index contributed by atoms with van der Waals surface area (Å²) >= 11 is 0. The number of aromatic nitrogens is 1. The minimum atomic E-state index is -3.55. The van der Waals surface area contributed by atoms with Crippen LogP contribution in [-0.4, -0.2) is 24.3 Å². The van der Waals surface area contributed by atoms with Crippen molar-refractivity contribution in [3.05, 3.63) is 22.0 Å². The van der Waals surface area contributed by atoms with E-state index >= 15 is 0 Å². The van der Waals surface area contributed by atoms with Crippen LogP contribution in [0.15, 0.2) is 15.8 Å². The lowest BCUT2D eigenvalue weighted by Gasteiger charge is -2.07. The van der Waals surface area contributed by atoms with Gasteiger partial charge in [-0.1, -0.05) is 0 Å². The highest BCUT2D eigenvalue weighted by Crippen LogP contribution is 2.14. The second-order valence-electron chi connectivity index (χ2n) is 3.15. The van der Waals surface area contributed by atoms with Crippen molar-refractivity contribution in [3.63, 3.8) is 0 Å². The number of rotatable bonds is 1. The van der Waals surface area contributed by atoms with E-state index in [4.69, 9.17) is 0 Å². The Morgan fingerprint density at radius 2 is 1.93 bits per heavy atom. The lowest BCUT2D eigenvalue weighted by atomic mass is 10.3. The number of sulfone groups is 1. The van der Waals surface area contributed by atoms with Crippen molar-refractivity contribution in [1.29, 1.82) is 0 Å². The van der Waals surface area contributed by atoms with Crippen LogP contribution in [0.1, 0.15) is 5.56 Å². The molecule has 0 unspecified atom stereocenters. The molecule has 1 rings (SSSR count). The number of aromatic hydroxyl groups is 1. The Balaban J connectivity index is 3.80. The summed E-state index contributed by atoms with van der Waals surface area (Å²) < 4.78 is 23.4. The Morgan fingerprint density at radius 3 is 2.36 bits per heavy atom. The van der Waals surface area contributed by atoms with Crippen LogP contribution in [0.25, 0.3) is 0 Å². The van der Waals surface area contributed by atoms with Crippen LogP contribution in [0.3, 0.4) is 0 Å². The minimum Gasteiger partial charge on any atom is -0.494 e. The second-order valence-corrected chi connectivity index (χ2v) is 5.10. The maximum atomic E-state index is 11.5. The van der Waals surface area contributed by atoms with Crippen molar-refractivity contribution in [2.45, 2.75) is 11.8 Å². The van der Waals surface area contributed by atoms with Crippen molar-refractivity contribution >= 4 is 9.84 Å². The van der Waals surface area contributed by atoms with Crippen molar-refractivity contribution in [2.75, 3.05) is 6.26 Å². The fraction of sp³-hybridized carbons (Fsp3) is 0.375. The van der Waals surface area contributed by atoms with Gasteiger partial charge in [-0.2, -0.15) is 0 Å². The maximum Gasteiger partial charge on any atom is 0.272 e. The molecule has 6 heteroatoms. The van der Waals surface area contributed by atoms with E-state index < -0.39 is 15.4 Å². The molecular formula is C8H11NO4S. The Morgan fingerprint density at radius 1 is 1.43 bits per heavy atom. The first-order valence-corrected chi connectivity index (χ1v) is 5.74. The van der Waals surface area contributed by atoms with Crippen molar-refractivity contribution < 1.29 is 13.5 Å². The molecule has 78 valence electrons. The van der Waals surface area contributed by atoms with E-state index in [1.165, 1.54) is 20.0 Å². The highest BCUT2D eigenvalue weighted by molar-refractivity contribution is 7.90. The quantitative estimate of drug-likeness (QED) is 0.707. The molecule has 0 bridgehead atoms. The molecule has 1 aromatic rings. The van der Waals surface area contributed by atoms with Gasteiger partial charge in [-0.25, -0.2) is 8.42 Å². The van der Waals surface area contributed by atoms with E-state index in [0.29, 0.717) is 0 Å². The molecule has 0 aliphatic heterocycles. The lowest BCUT2D eigenvalue weighted by Crippen LogP contribution is -2.24. The molecule has 1 aromatic heterocycles. The average Bonchev–Trinajstić information content (AvgIpc) is 1.97. The van der Waals surface area contributed by atoms with Crippen LogP contribution in [-0.2, 0) is 16.9 Å². The van der Waals surface area contributed by atoms with Crippen LogP contribution in [0, 0.1) is 6.92 Å². The van der Waals surface area contributed by atoms with Crippen LogP contribution in [0.4, 0.5) is 0 Å². The highest BCUT2D eigenvalue weighted by Gasteiger charge is 2.18. The summed E-state index contributed by atoms with van der Waals surface area (Å²) in [4.78, 5) is 11.2. The summed E-state index contributed by atoms with van der Waals surface area (Å²) in [6, 6.07) is 1.25. The van der Waals surface area contributed by atoms with Gasteiger partial charge < -0.3 is 5.11 Å². The van der Waals surface area contributed by atoms with E-state index in [-0.39, 0.29) is 16.3 Å². The lowest BCUT2D eigenvalue weighted by molar-refractivity contribution is 0.420. The first-order chi connectivity index (χ1) is 6.25. The Kier molecular flexibility index (Phi) is 2.41. The highest BCUT2D eigenvalue weighted by atomic mass is 32.2. The van der Waals surface area contributed by atoms with Crippen molar-refractivity contribution in [3.8, 4) is 5.88 Å². The van der Waals surface area contributed by atoms with E-state index in [9.17, 15) is 18.3 Å². The van der Waals surface area contributed by atoms with Gasteiger partial charge in [0.2, 0.25) is 0 Å². The monoisotopic (exact) mass is 217 g/mol. The zero-order valence-electron chi connectivity index (χ0n) is 8.10. The van der Waals surface area contributed by atoms with Crippen molar-refractivity contribution in [1.82, 2.24) is 4.57 Å². The second kappa shape index (κ2) is 3.13. The zero-order chi connectivity index (χ0) is 11.1. The Labute approximate surface area is 81.5 Å². The number of pyridine rings is 1. The topological polar surface area (TPSA) is 76.4 Å². The first kappa shape index (κ1) is 10.8. The van der Waals surface area contributed by atoms with Crippen LogP contribution >= 0.6 is 0 Å². The Bertz CT molecular complexity index is 527. The minimum absolute atomic E-state index is 0.250. The van der Waals surface area contributed by atoms with Gasteiger partial charge in [0.15, 0.2) is 15.7 Å². The molecule has 0 saturated carbocycles. The van der Waals surface area contributed by atoms with E-state index in [0.717, 1.165) is 10.8 Å². The summed E-state index contributed by atoms with van der Waals surface area (Å²) in [6.45, 7) is 1.47. The van der Waals surface area contributed by atoms with Gasteiger partial charge in [0.1, 0.15) is 4.90 Å². The number of aryl methyl sites for hydroxylation is 1. The number of nitrogens with zero attached hydrogens (tertiary/aromatic N) is 1. The molecule has 0 spiro atoms. The number of hydrogen-bond acceptors (Lipinski definition) is 4. The van der Waals surface area contributed by atoms with Gasteiger partial charge in [-0.3, -0.25) is 9.36 Å². The molecule has 0 fully saturated rings. The van der Waals surface area contributed by atoms with E-state index in [1.54, 1.807) is 0 Å². The molecule has 0 amide bonds. The zero-order valence-corrected chi connectivity index (χ0v) is 8.92. The predicted molar refractivity (Wildman–Crippen MR) is 51.2 cm³/mol. The summed E-state index contributed by atoms with van der Waals surface area (Å²) in [5.41, 5.74) is -0.446. The smallest absolute Gasteiger partial charge is 0.272 e. The van der Waals surface area contributed by atoms with Crippen LogP contribution < -0.4 is 5.56 Å². The fourth-order valence-electron chi connectivity index (χ4n) is 1.23. The predicted octanol–water partition coefficient (Wildman–Crippen LogP) is -0.197. The molecule has 1 N–H and O–H groups in total. The molecular weight excluding hydrogens is 206 g/mol.